The van der Waals surface area contributed by atoms with Crippen molar-refractivity contribution in [2.24, 2.45) is 0 Å². The molecular formula is C24H29N3O4S. The number of aryl methyl sites for hydroxylation is 1. The van der Waals surface area contributed by atoms with E-state index in [2.05, 4.69) is 4.90 Å². The molecule has 0 spiro atoms. The molecule has 4 rings (SSSR count). The van der Waals surface area contributed by atoms with Gasteiger partial charge >= 0.3 is 0 Å². The van der Waals surface area contributed by atoms with Gasteiger partial charge in [-0.25, -0.2) is 4.98 Å². The van der Waals surface area contributed by atoms with Gasteiger partial charge < -0.3 is 14.2 Å². The van der Waals surface area contributed by atoms with Crippen LogP contribution >= 0.6 is 11.3 Å². The normalized spacial score (nSPS) is 14.4. The number of carbonyl (C=O) groups is 1. The van der Waals surface area contributed by atoms with Crippen LogP contribution in [0.4, 0.5) is 5.13 Å². The highest BCUT2D eigenvalue weighted by Crippen LogP contribution is 2.36. The zero-order valence-electron chi connectivity index (χ0n) is 18.6. The first-order chi connectivity index (χ1) is 15.7. The number of benzene rings is 2. The van der Waals surface area contributed by atoms with Crippen LogP contribution < -0.4 is 14.4 Å². The van der Waals surface area contributed by atoms with Crippen LogP contribution in [0, 0.1) is 6.92 Å². The Kier molecular flexibility index (Phi) is 7.57. The largest absolute Gasteiger partial charge is 0.494 e. The number of fused-ring (bicyclic) bond motifs is 1. The fraction of sp³-hybridized carbons (Fsp3) is 0.417. The van der Waals surface area contributed by atoms with Crippen molar-refractivity contribution in [2.45, 2.75) is 13.3 Å². The standard InChI is InChI=1S/C24H29N3O4S/c1-18-9-10-20(29-2)22-23(18)32-24(25-22)27(12-6-11-26-13-15-30-16-14-26)21(28)17-31-19-7-4-3-5-8-19/h3-5,7-10H,6,11-17H2,1-2H3. The van der Waals surface area contributed by atoms with Crippen LogP contribution in [0.15, 0.2) is 42.5 Å². The van der Waals surface area contributed by atoms with Gasteiger partial charge in [0.25, 0.3) is 5.91 Å². The zero-order valence-corrected chi connectivity index (χ0v) is 19.4. The van der Waals surface area contributed by atoms with E-state index < -0.39 is 0 Å². The fourth-order valence-electron chi connectivity index (χ4n) is 3.72. The molecule has 1 saturated heterocycles. The highest BCUT2D eigenvalue weighted by molar-refractivity contribution is 7.22. The fourth-order valence-corrected chi connectivity index (χ4v) is 4.82. The first-order valence-corrected chi connectivity index (χ1v) is 11.7. The molecule has 0 bridgehead atoms. The lowest BCUT2D eigenvalue weighted by atomic mass is 10.2. The number of hydrogen-bond acceptors (Lipinski definition) is 7. The summed E-state index contributed by atoms with van der Waals surface area (Å²) in [6.45, 7) is 6.91. The maximum Gasteiger partial charge on any atom is 0.266 e. The SMILES string of the molecule is COc1ccc(C)c2sc(N(CCCN3CCOCC3)C(=O)COc3ccccc3)nc12. The lowest BCUT2D eigenvalue weighted by Crippen LogP contribution is -2.40. The van der Waals surface area contributed by atoms with Crippen molar-refractivity contribution in [3.63, 3.8) is 0 Å². The van der Waals surface area contributed by atoms with Gasteiger partial charge in [-0.2, -0.15) is 0 Å². The molecule has 1 amide bonds. The predicted molar refractivity (Wildman–Crippen MR) is 127 cm³/mol. The number of ether oxygens (including phenoxy) is 3. The topological polar surface area (TPSA) is 64.1 Å². The maximum atomic E-state index is 13.2. The molecule has 7 nitrogen and oxygen atoms in total. The second kappa shape index (κ2) is 10.8. The van der Waals surface area contributed by atoms with E-state index >= 15 is 0 Å². The number of morpholine rings is 1. The van der Waals surface area contributed by atoms with Gasteiger partial charge in [-0.15, -0.1) is 0 Å². The van der Waals surface area contributed by atoms with E-state index in [-0.39, 0.29) is 12.5 Å². The first-order valence-electron chi connectivity index (χ1n) is 10.9. The summed E-state index contributed by atoms with van der Waals surface area (Å²) in [5, 5.41) is 0.677. The van der Waals surface area contributed by atoms with E-state index in [1.54, 1.807) is 12.0 Å². The molecule has 1 aliphatic heterocycles. The molecule has 32 heavy (non-hydrogen) atoms. The van der Waals surface area contributed by atoms with Crippen molar-refractivity contribution in [3.8, 4) is 11.5 Å². The van der Waals surface area contributed by atoms with E-state index in [1.807, 2.05) is 49.4 Å². The molecule has 0 atom stereocenters. The van der Waals surface area contributed by atoms with Crippen molar-refractivity contribution in [3.05, 3.63) is 48.0 Å². The van der Waals surface area contributed by atoms with E-state index in [0.717, 1.165) is 55.0 Å². The van der Waals surface area contributed by atoms with Crippen LogP contribution in [0.2, 0.25) is 0 Å². The third-order valence-corrected chi connectivity index (χ3v) is 6.72. The van der Waals surface area contributed by atoms with E-state index in [4.69, 9.17) is 19.2 Å². The predicted octanol–water partition coefficient (Wildman–Crippen LogP) is 3.75. The second-order valence-electron chi connectivity index (χ2n) is 7.71. The molecule has 0 radical (unpaired) electrons. The van der Waals surface area contributed by atoms with Gasteiger partial charge in [0.05, 0.1) is 25.0 Å². The highest BCUT2D eigenvalue weighted by Gasteiger charge is 2.22. The number of methoxy groups -OCH3 is 1. The molecule has 2 heterocycles. The van der Waals surface area contributed by atoms with Crippen LogP contribution in [-0.2, 0) is 9.53 Å². The smallest absolute Gasteiger partial charge is 0.266 e. The number of nitrogens with zero attached hydrogens (tertiary/aromatic N) is 3. The maximum absolute atomic E-state index is 13.2. The molecule has 0 aliphatic carbocycles. The van der Waals surface area contributed by atoms with E-state index in [1.165, 1.54) is 11.3 Å². The van der Waals surface area contributed by atoms with Crippen LogP contribution in [0.3, 0.4) is 0 Å². The second-order valence-corrected chi connectivity index (χ2v) is 8.69. The number of hydrogen-bond donors (Lipinski definition) is 0. The van der Waals surface area contributed by atoms with E-state index in [9.17, 15) is 4.79 Å². The molecular weight excluding hydrogens is 426 g/mol. The van der Waals surface area contributed by atoms with Crippen LogP contribution in [0.25, 0.3) is 10.2 Å². The molecule has 1 fully saturated rings. The Morgan fingerprint density at radius 2 is 1.97 bits per heavy atom. The number of para-hydroxylation sites is 1. The highest BCUT2D eigenvalue weighted by atomic mass is 32.1. The molecule has 0 unspecified atom stereocenters. The summed E-state index contributed by atoms with van der Waals surface area (Å²) in [6, 6.07) is 13.3. The van der Waals surface area contributed by atoms with Crippen molar-refractivity contribution in [1.82, 2.24) is 9.88 Å². The first kappa shape index (κ1) is 22.5. The van der Waals surface area contributed by atoms with Crippen LogP contribution in [0.1, 0.15) is 12.0 Å². The van der Waals surface area contributed by atoms with Crippen molar-refractivity contribution < 1.29 is 19.0 Å². The Morgan fingerprint density at radius 3 is 2.72 bits per heavy atom. The Bertz CT molecular complexity index is 1030. The quantitative estimate of drug-likeness (QED) is 0.490. The lowest BCUT2D eigenvalue weighted by Gasteiger charge is -2.27. The Morgan fingerprint density at radius 1 is 1.19 bits per heavy atom. The Balaban J connectivity index is 1.52. The van der Waals surface area contributed by atoms with Gasteiger partial charge in [0.15, 0.2) is 11.7 Å². The van der Waals surface area contributed by atoms with Crippen LogP contribution in [0.5, 0.6) is 11.5 Å². The van der Waals surface area contributed by atoms with Crippen LogP contribution in [-0.4, -0.2) is 68.9 Å². The summed E-state index contributed by atoms with van der Waals surface area (Å²) in [6.07, 6.45) is 0.850. The van der Waals surface area contributed by atoms with Gasteiger partial charge in [-0.1, -0.05) is 35.6 Å². The number of rotatable bonds is 9. The zero-order chi connectivity index (χ0) is 22.3. The summed E-state index contributed by atoms with van der Waals surface area (Å²) in [7, 11) is 1.64. The summed E-state index contributed by atoms with van der Waals surface area (Å²) in [5.41, 5.74) is 1.91. The molecule has 170 valence electrons. The van der Waals surface area contributed by atoms with Gasteiger partial charge in [-0.05, 0) is 37.1 Å². The number of anilines is 1. The minimum atomic E-state index is -0.105. The van der Waals surface area contributed by atoms with Crippen molar-refractivity contribution in [1.29, 1.82) is 0 Å². The molecule has 0 saturated carbocycles. The Hall–Kier alpha value is -2.68. The van der Waals surface area contributed by atoms with Gasteiger partial charge in [-0.3, -0.25) is 14.6 Å². The molecule has 2 aromatic carbocycles. The third kappa shape index (κ3) is 5.38. The molecule has 8 heteroatoms. The van der Waals surface area contributed by atoms with Crippen molar-refractivity contribution in [2.75, 3.05) is 58.0 Å². The monoisotopic (exact) mass is 455 g/mol. The lowest BCUT2D eigenvalue weighted by molar-refractivity contribution is -0.120. The minimum absolute atomic E-state index is 0.0341. The average molecular weight is 456 g/mol. The number of carbonyl (C=O) groups excluding carboxylic acids is 1. The third-order valence-electron chi connectivity index (χ3n) is 5.51. The summed E-state index contributed by atoms with van der Waals surface area (Å²) >= 11 is 1.52. The minimum Gasteiger partial charge on any atom is -0.494 e. The van der Waals surface area contributed by atoms with Gasteiger partial charge in [0, 0.05) is 26.2 Å². The number of thiazole rings is 1. The molecule has 1 aromatic heterocycles. The summed E-state index contributed by atoms with van der Waals surface area (Å²) < 4.78 is 17.7. The van der Waals surface area contributed by atoms with Crippen molar-refractivity contribution >= 4 is 32.6 Å². The Labute approximate surface area is 192 Å². The molecule has 3 aromatic rings. The molecule has 0 N–H and O–H groups in total. The summed E-state index contributed by atoms with van der Waals surface area (Å²) in [4.78, 5) is 22.1. The number of aromatic nitrogens is 1. The van der Waals surface area contributed by atoms with Gasteiger partial charge in [0.2, 0.25) is 0 Å². The number of amides is 1. The van der Waals surface area contributed by atoms with Gasteiger partial charge in [0.1, 0.15) is 17.0 Å². The van der Waals surface area contributed by atoms with E-state index in [0.29, 0.717) is 23.2 Å². The average Bonchev–Trinajstić information content (AvgIpc) is 3.28. The molecule has 1 aliphatic rings. The summed E-state index contributed by atoms with van der Waals surface area (Å²) in [5.74, 6) is 1.29.